The molecule has 134 valence electrons. The van der Waals surface area contributed by atoms with Crippen molar-refractivity contribution in [2.24, 2.45) is 7.05 Å². The molecule has 3 heterocycles. The minimum Gasteiger partial charge on any atom is -0.479 e. The van der Waals surface area contributed by atoms with E-state index in [1.807, 2.05) is 16.8 Å². The quantitative estimate of drug-likeness (QED) is 0.820. The predicted molar refractivity (Wildman–Crippen MR) is 94.1 cm³/mol. The largest absolute Gasteiger partial charge is 0.479 e. The molecule has 0 spiro atoms. The molecule has 0 atom stereocenters. The van der Waals surface area contributed by atoms with E-state index in [1.54, 1.807) is 30.3 Å². The monoisotopic (exact) mass is 364 g/mol. The molecule has 1 aliphatic rings. The van der Waals surface area contributed by atoms with Crippen LogP contribution in [0.2, 0.25) is 5.02 Å². The fourth-order valence-corrected chi connectivity index (χ4v) is 3.14. The lowest BCUT2D eigenvalue weighted by molar-refractivity contribution is 0.0709. The summed E-state index contributed by atoms with van der Waals surface area (Å²) in [6.07, 6.45) is 6.57. The summed E-state index contributed by atoms with van der Waals surface area (Å²) >= 11 is 5.84. The smallest absolute Gasteiger partial charge is 0.260 e. The molecule has 2 aromatic heterocycles. The number of carbonyl (C=O) groups excluding carboxylic acids is 1. The molecule has 1 aliphatic heterocycles. The zero-order chi connectivity index (χ0) is 18.0. The van der Waals surface area contributed by atoms with E-state index in [-0.39, 0.29) is 11.9 Å². The first-order valence-corrected chi connectivity index (χ1v) is 8.44. The molecule has 0 saturated carbocycles. The van der Waals surface area contributed by atoms with Gasteiger partial charge < -0.3 is 14.5 Å². The fourth-order valence-electron chi connectivity index (χ4n) is 3.04. The van der Waals surface area contributed by atoms with Crippen LogP contribution in [-0.2, 0) is 7.05 Å². The van der Waals surface area contributed by atoms with Crippen LogP contribution in [0, 0.1) is 0 Å². The highest BCUT2D eigenvalue weighted by atomic mass is 35.5. The molecule has 0 radical (unpaired) electrons. The topological polar surface area (TPSA) is 76.4 Å². The molecule has 1 amide bonds. The molecule has 0 unspecified atom stereocenters. The molecule has 0 aliphatic carbocycles. The number of rotatable bonds is 4. The first-order chi connectivity index (χ1) is 12.0. The average molecular weight is 365 g/mol. The second-order valence-electron chi connectivity index (χ2n) is 6.06. The molecular formula is C16H21ClN6O2. The summed E-state index contributed by atoms with van der Waals surface area (Å²) in [5.41, 5.74) is 0.498. The molecular weight excluding hydrogens is 344 g/mol. The molecule has 2 aromatic rings. The van der Waals surface area contributed by atoms with Gasteiger partial charge in [0.15, 0.2) is 0 Å². The van der Waals surface area contributed by atoms with Gasteiger partial charge in [0.2, 0.25) is 11.8 Å². The SMILES string of the molecule is COc1nn(C)cc1C(=O)N1CCC(N(C)c2ncc(Cl)cn2)CC1. The van der Waals surface area contributed by atoms with Gasteiger partial charge in [0.25, 0.3) is 5.91 Å². The highest BCUT2D eigenvalue weighted by molar-refractivity contribution is 6.30. The van der Waals surface area contributed by atoms with Crippen molar-refractivity contribution in [3.63, 3.8) is 0 Å². The molecule has 0 aromatic carbocycles. The van der Waals surface area contributed by atoms with E-state index in [1.165, 1.54) is 7.11 Å². The molecule has 9 heteroatoms. The Hall–Kier alpha value is -2.35. The number of likely N-dealkylation sites (tertiary alicyclic amines) is 1. The fraction of sp³-hybridized carbons (Fsp3) is 0.500. The number of aromatic nitrogens is 4. The maximum Gasteiger partial charge on any atom is 0.260 e. The van der Waals surface area contributed by atoms with E-state index in [9.17, 15) is 4.79 Å². The lowest BCUT2D eigenvalue weighted by Crippen LogP contribution is -2.46. The van der Waals surface area contributed by atoms with E-state index in [0.29, 0.717) is 35.5 Å². The van der Waals surface area contributed by atoms with Crippen LogP contribution in [0.1, 0.15) is 23.2 Å². The highest BCUT2D eigenvalue weighted by Crippen LogP contribution is 2.23. The van der Waals surface area contributed by atoms with Crippen molar-refractivity contribution in [2.75, 3.05) is 32.1 Å². The Labute approximate surface area is 151 Å². The van der Waals surface area contributed by atoms with E-state index in [4.69, 9.17) is 16.3 Å². The third-order valence-electron chi connectivity index (χ3n) is 4.44. The van der Waals surface area contributed by atoms with Crippen LogP contribution in [0.15, 0.2) is 18.6 Å². The molecule has 25 heavy (non-hydrogen) atoms. The Bertz CT molecular complexity index is 740. The highest BCUT2D eigenvalue weighted by Gasteiger charge is 2.29. The van der Waals surface area contributed by atoms with Crippen molar-refractivity contribution in [1.82, 2.24) is 24.6 Å². The standard InChI is InChI=1S/C16H21ClN6O2/c1-21-10-13(14(20-21)25-3)15(24)23-6-4-12(5-7-23)22(2)16-18-8-11(17)9-19-16/h8-10,12H,4-7H2,1-3H3. The average Bonchev–Trinajstić information content (AvgIpc) is 3.02. The number of halogens is 1. The van der Waals surface area contributed by atoms with Crippen molar-refractivity contribution < 1.29 is 9.53 Å². The lowest BCUT2D eigenvalue weighted by Gasteiger charge is -2.36. The van der Waals surface area contributed by atoms with E-state index in [0.717, 1.165) is 12.8 Å². The number of aryl methyl sites for hydroxylation is 1. The van der Waals surface area contributed by atoms with Gasteiger partial charge >= 0.3 is 0 Å². The number of hydrogen-bond acceptors (Lipinski definition) is 6. The van der Waals surface area contributed by atoms with Crippen LogP contribution in [-0.4, -0.2) is 63.8 Å². The minimum atomic E-state index is -0.0474. The van der Waals surface area contributed by atoms with Crippen molar-refractivity contribution >= 4 is 23.5 Å². The first-order valence-electron chi connectivity index (χ1n) is 8.07. The molecule has 0 bridgehead atoms. The predicted octanol–water partition coefficient (Wildman–Crippen LogP) is 1.61. The van der Waals surface area contributed by atoms with E-state index < -0.39 is 0 Å². The van der Waals surface area contributed by atoms with Crippen LogP contribution in [0.25, 0.3) is 0 Å². The molecule has 8 nitrogen and oxygen atoms in total. The zero-order valence-corrected chi connectivity index (χ0v) is 15.3. The third-order valence-corrected chi connectivity index (χ3v) is 4.64. The molecule has 0 N–H and O–H groups in total. The van der Waals surface area contributed by atoms with Gasteiger partial charge in [-0.15, -0.1) is 5.10 Å². The van der Waals surface area contributed by atoms with Crippen molar-refractivity contribution in [3.05, 3.63) is 29.2 Å². The van der Waals surface area contributed by atoms with Crippen LogP contribution >= 0.6 is 11.6 Å². The van der Waals surface area contributed by atoms with Gasteiger partial charge in [0, 0.05) is 39.4 Å². The lowest BCUT2D eigenvalue weighted by atomic mass is 10.0. The van der Waals surface area contributed by atoms with E-state index >= 15 is 0 Å². The Morgan fingerprint density at radius 3 is 2.56 bits per heavy atom. The van der Waals surface area contributed by atoms with E-state index in [2.05, 4.69) is 15.1 Å². The number of methoxy groups -OCH3 is 1. The van der Waals surface area contributed by atoms with Gasteiger partial charge in [-0.1, -0.05) is 11.6 Å². The van der Waals surface area contributed by atoms with Crippen molar-refractivity contribution in [3.8, 4) is 5.88 Å². The molecule has 3 rings (SSSR count). The van der Waals surface area contributed by atoms with Gasteiger partial charge in [0.05, 0.1) is 24.5 Å². The number of anilines is 1. The van der Waals surface area contributed by atoms with Gasteiger partial charge in [-0.3, -0.25) is 9.48 Å². The van der Waals surface area contributed by atoms with Gasteiger partial charge in [-0.05, 0) is 12.8 Å². The van der Waals surface area contributed by atoms with Gasteiger partial charge in [-0.25, -0.2) is 9.97 Å². The van der Waals surface area contributed by atoms with Crippen LogP contribution in [0.3, 0.4) is 0 Å². The summed E-state index contributed by atoms with van der Waals surface area (Å²) in [5.74, 6) is 0.957. The summed E-state index contributed by atoms with van der Waals surface area (Å²) in [5, 5.41) is 4.66. The first kappa shape index (κ1) is 17.5. The number of ether oxygens (including phenoxy) is 1. The number of hydrogen-bond donors (Lipinski definition) is 0. The molecule has 1 saturated heterocycles. The number of piperidine rings is 1. The van der Waals surface area contributed by atoms with Gasteiger partial charge in [0.1, 0.15) is 5.56 Å². The Morgan fingerprint density at radius 2 is 1.96 bits per heavy atom. The van der Waals surface area contributed by atoms with Gasteiger partial charge in [-0.2, -0.15) is 0 Å². The summed E-state index contributed by atoms with van der Waals surface area (Å²) in [6.45, 7) is 1.33. The minimum absolute atomic E-state index is 0.0474. The second-order valence-corrected chi connectivity index (χ2v) is 6.50. The van der Waals surface area contributed by atoms with Crippen molar-refractivity contribution in [2.45, 2.75) is 18.9 Å². The number of carbonyl (C=O) groups is 1. The number of amides is 1. The number of nitrogens with zero attached hydrogens (tertiary/aromatic N) is 6. The Balaban J connectivity index is 1.63. The second kappa shape index (κ2) is 7.26. The summed E-state index contributed by atoms with van der Waals surface area (Å²) < 4.78 is 6.78. The van der Waals surface area contributed by atoms with Crippen LogP contribution < -0.4 is 9.64 Å². The maximum absolute atomic E-state index is 12.7. The van der Waals surface area contributed by atoms with Crippen LogP contribution in [0.5, 0.6) is 5.88 Å². The summed E-state index contributed by atoms with van der Waals surface area (Å²) in [6, 6.07) is 0.279. The summed E-state index contributed by atoms with van der Waals surface area (Å²) in [7, 11) is 5.26. The Morgan fingerprint density at radius 1 is 1.32 bits per heavy atom. The summed E-state index contributed by atoms with van der Waals surface area (Å²) in [4.78, 5) is 25.1. The van der Waals surface area contributed by atoms with Crippen LogP contribution in [0.4, 0.5) is 5.95 Å². The zero-order valence-electron chi connectivity index (χ0n) is 14.5. The third kappa shape index (κ3) is 3.68. The normalized spacial score (nSPS) is 15.3. The Kier molecular flexibility index (Phi) is 5.08. The molecule has 1 fully saturated rings. The maximum atomic E-state index is 12.7. The van der Waals surface area contributed by atoms with Crippen molar-refractivity contribution in [1.29, 1.82) is 0 Å².